The molecule has 0 spiro atoms. The molecular formula is C10H16N2O3S. The van der Waals surface area contributed by atoms with Gasteiger partial charge in [-0.3, -0.25) is 4.79 Å². The number of ether oxygens (including phenoxy) is 2. The Balaban J connectivity index is 2.56. The predicted molar refractivity (Wildman–Crippen MR) is 61.7 cm³/mol. The molecule has 1 rings (SSSR count). The molecule has 1 aromatic rings. The molecule has 0 aliphatic rings. The molecule has 0 aliphatic carbocycles. The number of methoxy groups -OCH3 is 2. The number of carbonyl (C=O) groups is 1. The van der Waals surface area contributed by atoms with E-state index >= 15 is 0 Å². The highest BCUT2D eigenvalue weighted by atomic mass is 32.1. The minimum Gasteiger partial charge on any atom is -0.354 e. The number of hydrogen-bond donors (Lipinski definition) is 1. The second-order valence-electron chi connectivity index (χ2n) is 3.26. The standard InChI is InChI=1S/C10H16N2O3S/c1-6-9(16-7(2)12-6)10(13)11-5-8(14-3)15-4/h8H,5H2,1-4H3,(H,11,13). The molecule has 1 amide bonds. The number of rotatable bonds is 5. The van der Waals surface area contributed by atoms with Crippen LogP contribution in [0.5, 0.6) is 0 Å². The summed E-state index contributed by atoms with van der Waals surface area (Å²) >= 11 is 1.38. The predicted octanol–water partition coefficient (Wildman–Crippen LogP) is 1.11. The number of carbonyl (C=O) groups excluding carboxylic acids is 1. The Hall–Kier alpha value is -0.980. The molecule has 0 saturated heterocycles. The number of aryl methyl sites for hydroxylation is 2. The van der Waals surface area contributed by atoms with Crippen LogP contribution in [0.15, 0.2) is 0 Å². The van der Waals surface area contributed by atoms with Gasteiger partial charge in [0, 0.05) is 14.2 Å². The fraction of sp³-hybridized carbons (Fsp3) is 0.600. The third-order valence-corrected chi connectivity index (χ3v) is 3.14. The number of aromatic nitrogens is 1. The summed E-state index contributed by atoms with van der Waals surface area (Å²) in [6.45, 7) is 4.02. The molecule has 0 atom stereocenters. The summed E-state index contributed by atoms with van der Waals surface area (Å²) in [5.74, 6) is -0.137. The molecular weight excluding hydrogens is 228 g/mol. The Bertz CT molecular complexity index is 361. The molecule has 0 aromatic carbocycles. The van der Waals surface area contributed by atoms with Gasteiger partial charge in [0.05, 0.1) is 17.2 Å². The van der Waals surface area contributed by atoms with Gasteiger partial charge in [0.1, 0.15) is 4.88 Å². The molecule has 1 aromatic heterocycles. The Morgan fingerprint density at radius 2 is 2.06 bits per heavy atom. The first kappa shape index (κ1) is 13.1. The van der Waals surface area contributed by atoms with Crippen LogP contribution in [0.25, 0.3) is 0 Å². The van der Waals surface area contributed by atoms with Crippen molar-refractivity contribution in [3.05, 3.63) is 15.6 Å². The number of nitrogens with zero attached hydrogens (tertiary/aromatic N) is 1. The summed E-state index contributed by atoms with van der Waals surface area (Å²) in [5.41, 5.74) is 0.756. The Morgan fingerprint density at radius 3 is 2.50 bits per heavy atom. The van der Waals surface area contributed by atoms with Gasteiger partial charge in [-0.05, 0) is 13.8 Å². The van der Waals surface area contributed by atoms with Crippen molar-refractivity contribution in [3.63, 3.8) is 0 Å². The van der Waals surface area contributed by atoms with E-state index < -0.39 is 6.29 Å². The van der Waals surface area contributed by atoms with Gasteiger partial charge < -0.3 is 14.8 Å². The van der Waals surface area contributed by atoms with E-state index in [9.17, 15) is 4.79 Å². The Labute approximate surface area is 98.8 Å². The van der Waals surface area contributed by atoms with Crippen molar-refractivity contribution in [1.29, 1.82) is 0 Å². The number of nitrogens with one attached hydrogen (secondary N) is 1. The smallest absolute Gasteiger partial charge is 0.263 e. The summed E-state index contributed by atoms with van der Waals surface area (Å²) in [5, 5.41) is 3.62. The fourth-order valence-electron chi connectivity index (χ4n) is 1.26. The van der Waals surface area contributed by atoms with Gasteiger partial charge >= 0.3 is 0 Å². The van der Waals surface area contributed by atoms with E-state index in [1.54, 1.807) is 0 Å². The molecule has 1 heterocycles. The number of hydrogen-bond acceptors (Lipinski definition) is 5. The van der Waals surface area contributed by atoms with Crippen LogP contribution in [-0.4, -0.2) is 37.9 Å². The lowest BCUT2D eigenvalue weighted by molar-refractivity contribution is -0.0974. The molecule has 0 bridgehead atoms. The molecule has 0 aliphatic heterocycles. The number of amides is 1. The van der Waals surface area contributed by atoms with Crippen molar-refractivity contribution in [2.75, 3.05) is 20.8 Å². The van der Waals surface area contributed by atoms with Crippen molar-refractivity contribution >= 4 is 17.2 Å². The van der Waals surface area contributed by atoms with Crippen molar-refractivity contribution < 1.29 is 14.3 Å². The van der Waals surface area contributed by atoms with E-state index in [-0.39, 0.29) is 5.91 Å². The lowest BCUT2D eigenvalue weighted by atomic mass is 10.3. The second kappa shape index (κ2) is 5.93. The van der Waals surface area contributed by atoms with Crippen LogP contribution in [0.3, 0.4) is 0 Å². The Kier molecular flexibility index (Phi) is 4.85. The van der Waals surface area contributed by atoms with E-state index in [1.165, 1.54) is 25.6 Å². The van der Waals surface area contributed by atoms with Crippen molar-refractivity contribution in [1.82, 2.24) is 10.3 Å². The molecule has 6 heteroatoms. The molecule has 0 radical (unpaired) electrons. The zero-order valence-electron chi connectivity index (χ0n) is 9.86. The molecule has 0 unspecified atom stereocenters. The second-order valence-corrected chi connectivity index (χ2v) is 4.46. The van der Waals surface area contributed by atoms with Gasteiger partial charge in [-0.25, -0.2) is 4.98 Å². The van der Waals surface area contributed by atoms with Crippen LogP contribution in [0.1, 0.15) is 20.4 Å². The highest BCUT2D eigenvalue weighted by Gasteiger charge is 2.15. The summed E-state index contributed by atoms with van der Waals surface area (Å²) < 4.78 is 9.94. The lowest BCUT2D eigenvalue weighted by Crippen LogP contribution is -2.34. The minimum atomic E-state index is -0.418. The third-order valence-electron chi connectivity index (χ3n) is 2.06. The SMILES string of the molecule is COC(CNC(=O)c1sc(C)nc1C)OC. The molecule has 5 nitrogen and oxygen atoms in total. The average molecular weight is 244 g/mol. The van der Waals surface area contributed by atoms with Crippen LogP contribution in [0.2, 0.25) is 0 Å². The van der Waals surface area contributed by atoms with Crippen molar-refractivity contribution in [3.8, 4) is 0 Å². The summed E-state index contributed by atoms with van der Waals surface area (Å²) in [4.78, 5) is 16.6. The van der Waals surface area contributed by atoms with Gasteiger partial charge in [-0.2, -0.15) is 0 Å². The largest absolute Gasteiger partial charge is 0.354 e. The summed E-state index contributed by atoms with van der Waals surface area (Å²) in [7, 11) is 3.06. The maximum atomic E-state index is 11.8. The van der Waals surface area contributed by atoms with E-state index in [1.807, 2.05) is 13.8 Å². The van der Waals surface area contributed by atoms with Crippen molar-refractivity contribution in [2.24, 2.45) is 0 Å². The van der Waals surface area contributed by atoms with Gasteiger partial charge in [-0.1, -0.05) is 0 Å². The third kappa shape index (κ3) is 3.26. The van der Waals surface area contributed by atoms with Crippen LogP contribution in [-0.2, 0) is 9.47 Å². The normalized spacial score (nSPS) is 10.8. The molecule has 90 valence electrons. The van der Waals surface area contributed by atoms with Gasteiger partial charge in [-0.15, -0.1) is 11.3 Å². The molecule has 0 fully saturated rings. The van der Waals surface area contributed by atoms with E-state index in [0.717, 1.165) is 10.7 Å². The first-order chi connectivity index (χ1) is 7.58. The monoisotopic (exact) mass is 244 g/mol. The van der Waals surface area contributed by atoms with Gasteiger partial charge in [0.15, 0.2) is 6.29 Å². The summed E-state index contributed by atoms with van der Waals surface area (Å²) in [6, 6.07) is 0. The molecule has 16 heavy (non-hydrogen) atoms. The van der Waals surface area contributed by atoms with E-state index in [2.05, 4.69) is 10.3 Å². The van der Waals surface area contributed by atoms with Crippen LogP contribution < -0.4 is 5.32 Å². The summed E-state index contributed by atoms with van der Waals surface area (Å²) in [6.07, 6.45) is -0.418. The van der Waals surface area contributed by atoms with E-state index in [0.29, 0.717) is 11.4 Å². The Morgan fingerprint density at radius 1 is 1.44 bits per heavy atom. The zero-order chi connectivity index (χ0) is 12.1. The highest BCUT2D eigenvalue weighted by Crippen LogP contribution is 2.16. The van der Waals surface area contributed by atoms with Gasteiger partial charge in [0.2, 0.25) is 0 Å². The maximum Gasteiger partial charge on any atom is 0.263 e. The zero-order valence-corrected chi connectivity index (χ0v) is 10.7. The van der Waals surface area contributed by atoms with Crippen LogP contribution in [0, 0.1) is 13.8 Å². The topological polar surface area (TPSA) is 60.5 Å². The maximum absolute atomic E-state index is 11.8. The lowest BCUT2D eigenvalue weighted by Gasteiger charge is -2.13. The molecule has 1 N–H and O–H groups in total. The van der Waals surface area contributed by atoms with Crippen molar-refractivity contribution in [2.45, 2.75) is 20.1 Å². The first-order valence-corrected chi connectivity index (χ1v) is 5.68. The first-order valence-electron chi connectivity index (χ1n) is 4.86. The minimum absolute atomic E-state index is 0.137. The van der Waals surface area contributed by atoms with Gasteiger partial charge in [0.25, 0.3) is 5.91 Å². The van der Waals surface area contributed by atoms with Crippen LogP contribution in [0.4, 0.5) is 0 Å². The van der Waals surface area contributed by atoms with E-state index in [4.69, 9.17) is 9.47 Å². The fourth-order valence-corrected chi connectivity index (χ4v) is 2.10. The average Bonchev–Trinajstić information content (AvgIpc) is 2.59. The highest BCUT2D eigenvalue weighted by molar-refractivity contribution is 7.13. The number of thiazole rings is 1. The molecule has 0 saturated carbocycles. The van der Waals surface area contributed by atoms with Crippen LogP contribution >= 0.6 is 11.3 Å². The quantitative estimate of drug-likeness (QED) is 0.788.